The Morgan fingerprint density at radius 1 is 1.17 bits per heavy atom. The Balaban J connectivity index is 1.55. The molecule has 1 unspecified atom stereocenters. The van der Waals surface area contributed by atoms with Gasteiger partial charge in [-0.2, -0.15) is 18.2 Å². The van der Waals surface area contributed by atoms with Crippen LogP contribution in [0.1, 0.15) is 46.6 Å². The van der Waals surface area contributed by atoms with Crippen molar-refractivity contribution < 1.29 is 22.7 Å². The Labute approximate surface area is 199 Å². The number of carbonyl (C=O) groups is 1. The minimum Gasteiger partial charge on any atom is -0.497 e. The van der Waals surface area contributed by atoms with Gasteiger partial charge in [-0.1, -0.05) is 12.1 Å². The van der Waals surface area contributed by atoms with Crippen LogP contribution in [0.25, 0.3) is 5.78 Å². The van der Waals surface area contributed by atoms with E-state index in [1.165, 1.54) is 0 Å². The van der Waals surface area contributed by atoms with Crippen LogP contribution in [0.4, 0.5) is 13.2 Å². The molecule has 3 heterocycles. The van der Waals surface area contributed by atoms with E-state index >= 15 is 0 Å². The number of nitrogens with zero attached hydrogens (tertiary/aromatic N) is 6. The van der Waals surface area contributed by atoms with Gasteiger partial charge in [0.1, 0.15) is 17.6 Å². The second-order valence-corrected chi connectivity index (χ2v) is 8.08. The largest absolute Gasteiger partial charge is 0.497 e. The zero-order valence-electron chi connectivity index (χ0n) is 19.6. The van der Waals surface area contributed by atoms with E-state index in [0.29, 0.717) is 28.5 Å². The summed E-state index contributed by atoms with van der Waals surface area (Å²) in [5.41, 5.74) is 2.43. The van der Waals surface area contributed by atoms with Gasteiger partial charge in [-0.3, -0.25) is 4.79 Å². The lowest BCUT2D eigenvalue weighted by atomic mass is 10.0. The highest BCUT2D eigenvalue weighted by Gasteiger charge is 2.37. The molecule has 0 fully saturated rings. The van der Waals surface area contributed by atoms with Crippen LogP contribution in [0, 0.1) is 13.8 Å². The minimum atomic E-state index is -4.67. The van der Waals surface area contributed by atoms with E-state index < -0.39 is 18.0 Å². The van der Waals surface area contributed by atoms with E-state index in [0.717, 1.165) is 10.1 Å². The predicted octanol–water partition coefficient (Wildman–Crippen LogP) is 3.34. The fourth-order valence-electron chi connectivity index (χ4n) is 3.91. The van der Waals surface area contributed by atoms with Crippen molar-refractivity contribution in [2.75, 3.05) is 7.11 Å². The van der Waals surface area contributed by atoms with Gasteiger partial charge in [-0.25, -0.2) is 14.5 Å². The van der Waals surface area contributed by atoms with Gasteiger partial charge in [0.2, 0.25) is 5.91 Å². The Kier molecular flexibility index (Phi) is 6.46. The number of carbonyl (C=O) groups excluding carboxylic acids is 1. The Morgan fingerprint density at radius 2 is 1.89 bits per heavy atom. The number of methoxy groups -OCH3 is 1. The number of alkyl halides is 3. The normalized spacial score (nSPS) is 12.7. The first-order chi connectivity index (χ1) is 16.6. The third-order valence-corrected chi connectivity index (χ3v) is 5.78. The Bertz CT molecular complexity index is 1360. The first-order valence-corrected chi connectivity index (χ1v) is 10.8. The van der Waals surface area contributed by atoms with Gasteiger partial charge in [-0.15, -0.1) is 5.10 Å². The van der Waals surface area contributed by atoms with Crippen LogP contribution in [0.15, 0.2) is 36.7 Å². The summed E-state index contributed by atoms with van der Waals surface area (Å²) >= 11 is 0. The zero-order valence-corrected chi connectivity index (χ0v) is 19.6. The first-order valence-electron chi connectivity index (χ1n) is 10.8. The van der Waals surface area contributed by atoms with Crippen LogP contribution in [0.5, 0.6) is 5.75 Å². The number of fused-ring (bicyclic) bond motifs is 1. The number of amides is 1. The number of hydrogen-bond acceptors (Lipinski definition) is 6. The molecule has 0 aliphatic heterocycles. The highest BCUT2D eigenvalue weighted by atomic mass is 19.4. The molecule has 1 atom stereocenters. The molecule has 4 aromatic rings. The fraction of sp³-hybridized carbons (Fsp3) is 0.348. The molecule has 9 nitrogen and oxygen atoms in total. The second-order valence-electron chi connectivity index (χ2n) is 8.08. The van der Waals surface area contributed by atoms with E-state index in [9.17, 15) is 18.0 Å². The Hall–Kier alpha value is -3.96. The number of benzene rings is 1. The first kappa shape index (κ1) is 24.2. The lowest BCUT2D eigenvalue weighted by molar-refractivity contribution is -0.144. The lowest BCUT2D eigenvalue weighted by Gasteiger charge is -2.20. The van der Waals surface area contributed by atoms with E-state index in [4.69, 9.17) is 4.74 Å². The number of hydrogen-bond donors (Lipinski definition) is 1. The summed E-state index contributed by atoms with van der Waals surface area (Å²) in [4.78, 5) is 25.0. The summed E-state index contributed by atoms with van der Waals surface area (Å²) < 4.78 is 47.2. The molecule has 0 aliphatic rings. The topological polar surface area (TPSA) is 99.2 Å². The molecule has 3 aromatic heterocycles. The van der Waals surface area contributed by atoms with Crippen LogP contribution >= 0.6 is 0 Å². The number of ether oxygens (including phenoxy) is 1. The molecule has 0 saturated heterocycles. The van der Waals surface area contributed by atoms with Gasteiger partial charge in [0.05, 0.1) is 7.11 Å². The van der Waals surface area contributed by atoms with Gasteiger partial charge in [-0.05, 0) is 43.5 Å². The van der Waals surface area contributed by atoms with Crippen molar-refractivity contribution in [2.45, 2.75) is 38.9 Å². The molecule has 0 radical (unpaired) electrons. The van der Waals surface area contributed by atoms with Crippen molar-refractivity contribution >= 4 is 11.7 Å². The van der Waals surface area contributed by atoms with Crippen LogP contribution in [-0.4, -0.2) is 42.2 Å². The SMILES string of the molecule is COc1ccc(C(NC(=O)CCc2c(C)nc3nc(C(F)(F)F)nn3c2C)c2nccn2C)cc1. The molecule has 184 valence electrons. The van der Waals surface area contributed by atoms with Crippen molar-refractivity contribution in [1.82, 2.24) is 34.4 Å². The molecular weight excluding hydrogens is 463 g/mol. The smallest absolute Gasteiger partial charge is 0.453 e. The molecule has 12 heteroatoms. The van der Waals surface area contributed by atoms with Crippen LogP contribution in [0.2, 0.25) is 0 Å². The average Bonchev–Trinajstić information content (AvgIpc) is 3.44. The third-order valence-electron chi connectivity index (χ3n) is 5.78. The maximum Gasteiger partial charge on any atom is 0.453 e. The number of aryl methyl sites for hydroxylation is 3. The number of imidazole rings is 1. The molecule has 0 bridgehead atoms. The summed E-state index contributed by atoms with van der Waals surface area (Å²) in [7, 11) is 3.42. The van der Waals surface area contributed by atoms with Crippen LogP contribution < -0.4 is 10.1 Å². The fourth-order valence-corrected chi connectivity index (χ4v) is 3.91. The maximum absolute atomic E-state index is 13.0. The van der Waals surface area contributed by atoms with Gasteiger partial charge in [0, 0.05) is 37.3 Å². The number of rotatable bonds is 7. The molecule has 0 aliphatic carbocycles. The summed E-state index contributed by atoms with van der Waals surface area (Å²) in [5, 5.41) is 6.57. The van der Waals surface area contributed by atoms with Crippen LogP contribution in [-0.2, 0) is 24.4 Å². The summed E-state index contributed by atoms with van der Waals surface area (Å²) in [5.74, 6) is -0.285. The minimum absolute atomic E-state index is 0.0900. The predicted molar refractivity (Wildman–Crippen MR) is 120 cm³/mol. The van der Waals surface area contributed by atoms with Crippen molar-refractivity contribution in [3.05, 3.63) is 70.8 Å². The van der Waals surface area contributed by atoms with E-state index in [1.54, 1.807) is 45.5 Å². The van der Waals surface area contributed by atoms with E-state index in [-0.39, 0.29) is 24.5 Å². The zero-order chi connectivity index (χ0) is 25.3. The third kappa shape index (κ3) is 4.96. The monoisotopic (exact) mass is 487 g/mol. The lowest BCUT2D eigenvalue weighted by Crippen LogP contribution is -2.31. The highest BCUT2D eigenvalue weighted by Crippen LogP contribution is 2.27. The van der Waals surface area contributed by atoms with Crippen LogP contribution in [0.3, 0.4) is 0 Å². The summed E-state index contributed by atoms with van der Waals surface area (Å²) in [6.07, 6.45) is -0.871. The molecular formula is C23H24F3N7O2. The van der Waals surface area contributed by atoms with Crippen molar-refractivity contribution in [2.24, 2.45) is 7.05 Å². The summed E-state index contributed by atoms with van der Waals surface area (Å²) in [6.45, 7) is 3.31. The molecule has 4 rings (SSSR count). The number of nitrogens with one attached hydrogen (secondary N) is 1. The van der Waals surface area contributed by atoms with Gasteiger partial charge in [0.15, 0.2) is 0 Å². The summed E-state index contributed by atoms with van der Waals surface area (Å²) in [6, 6.07) is 6.82. The van der Waals surface area contributed by atoms with Crippen molar-refractivity contribution in [1.29, 1.82) is 0 Å². The maximum atomic E-state index is 13.0. The molecule has 1 N–H and O–H groups in total. The quantitative estimate of drug-likeness (QED) is 0.429. The molecule has 0 saturated carbocycles. The van der Waals surface area contributed by atoms with Gasteiger partial charge >= 0.3 is 6.18 Å². The second kappa shape index (κ2) is 9.35. The molecule has 1 amide bonds. The van der Waals surface area contributed by atoms with Gasteiger partial charge < -0.3 is 14.6 Å². The molecule has 35 heavy (non-hydrogen) atoms. The standard InChI is InChI=1S/C23H24F3N7O2/c1-13-17(14(2)33-22(28-13)30-21(31-33)23(24,25)26)9-10-18(34)29-19(20-27-11-12-32(20)3)15-5-7-16(35-4)8-6-15/h5-8,11-12,19H,9-10H2,1-4H3,(H,29,34). The van der Waals surface area contributed by atoms with Gasteiger partial charge in [0.25, 0.3) is 11.6 Å². The average molecular weight is 487 g/mol. The van der Waals surface area contributed by atoms with E-state index in [2.05, 4.69) is 25.4 Å². The highest BCUT2D eigenvalue weighted by molar-refractivity contribution is 5.77. The molecule has 0 spiro atoms. The molecule has 1 aromatic carbocycles. The number of aromatic nitrogens is 6. The van der Waals surface area contributed by atoms with Crippen molar-refractivity contribution in [3.8, 4) is 5.75 Å². The Morgan fingerprint density at radius 3 is 2.49 bits per heavy atom. The number of halogens is 3. The van der Waals surface area contributed by atoms with E-state index in [1.807, 2.05) is 23.7 Å². The van der Waals surface area contributed by atoms with Crippen molar-refractivity contribution in [3.63, 3.8) is 0 Å².